The number of carbonyl (C=O) groups excluding carboxylic acids is 1. The van der Waals surface area contributed by atoms with Crippen LogP contribution >= 0.6 is 0 Å². The molecule has 0 spiro atoms. The Morgan fingerprint density at radius 1 is 1.12 bits per heavy atom. The van der Waals surface area contributed by atoms with E-state index in [-0.39, 0.29) is 5.91 Å². The van der Waals surface area contributed by atoms with Crippen LogP contribution in [-0.4, -0.2) is 75.2 Å². The summed E-state index contributed by atoms with van der Waals surface area (Å²) in [5.41, 5.74) is 4.31. The van der Waals surface area contributed by atoms with Crippen molar-refractivity contribution < 1.29 is 14.3 Å². The first-order valence-electron chi connectivity index (χ1n) is 11.2. The van der Waals surface area contributed by atoms with Crippen LogP contribution in [0, 0.1) is 12.3 Å². The maximum atomic E-state index is 13.1. The molecule has 168 valence electrons. The van der Waals surface area contributed by atoms with Crippen molar-refractivity contribution in [1.82, 2.24) is 9.80 Å². The molecule has 32 heavy (non-hydrogen) atoms. The molecule has 0 N–H and O–H groups in total. The summed E-state index contributed by atoms with van der Waals surface area (Å²) in [4.78, 5) is 19.7. The summed E-state index contributed by atoms with van der Waals surface area (Å²) in [6.45, 7) is 6.96. The van der Waals surface area contributed by atoms with Gasteiger partial charge < -0.3 is 19.3 Å². The second-order valence-electron chi connectivity index (χ2n) is 8.24. The van der Waals surface area contributed by atoms with Gasteiger partial charge in [-0.05, 0) is 53.9 Å². The zero-order valence-electron chi connectivity index (χ0n) is 18.8. The van der Waals surface area contributed by atoms with E-state index in [0.717, 1.165) is 44.9 Å². The standard InChI is InChI=1S/C26H31N3O3/c1-3-11-29(26(30)22-4-5-23-20-32-18-10-21(23)19-22)17-14-27-12-15-28(16-13-27)24-6-8-25(31-2)9-7-24/h1,4-9,19H,10-18,20H2,2H3. The SMILES string of the molecule is C#CCN(CCN1CCN(c2ccc(OC)cc2)CC1)C(=O)c1ccc2c(c1)CCOC2. The molecular weight excluding hydrogens is 402 g/mol. The summed E-state index contributed by atoms with van der Waals surface area (Å²) >= 11 is 0. The number of hydrogen-bond donors (Lipinski definition) is 0. The van der Waals surface area contributed by atoms with Crippen LogP contribution in [0.25, 0.3) is 0 Å². The molecule has 0 bridgehead atoms. The molecule has 6 nitrogen and oxygen atoms in total. The van der Waals surface area contributed by atoms with E-state index in [1.165, 1.54) is 16.8 Å². The number of piperazine rings is 1. The number of anilines is 1. The van der Waals surface area contributed by atoms with E-state index in [1.807, 2.05) is 30.3 Å². The number of carbonyl (C=O) groups is 1. The fourth-order valence-electron chi connectivity index (χ4n) is 4.33. The van der Waals surface area contributed by atoms with Crippen LogP contribution in [0.4, 0.5) is 5.69 Å². The lowest BCUT2D eigenvalue weighted by Gasteiger charge is -2.37. The van der Waals surface area contributed by atoms with Crippen molar-refractivity contribution in [2.45, 2.75) is 13.0 Å². The van der Waals surface area contributed by atoms with Gasteiger partial charge in [-0.15, -0.1) is 6.42 Å². The quantitative estimate of drug-likeness (QED) is 0.629. The van der Waals surface area contributed by atoms with E-state index < -0.39 is 0 Å². The fraction of sp³-hybridized carbons (Fsp3) is 0.423. The van der Waals surface area contributed by atoms with E-state index in [1.54, 1.807) is 12.0 Å². The van der Waals surface area contributed by atoms with Crippen LogP contribution in [0.5, 0.6) is 5.75 Å². The monoisotopic (exact) mass is 433 g/mol. The molecule has 0 atom stereocenters. The molecule has 0 aliphatic carbocycles. The molecule has 0 unspecified atom stereocenters. The third-order valence-corrected chi connectivity index (χ3v) is 6.29. The Kier molecular flexibility index (Phi) is 7.31. The molecule has 0 aromatic heterocycles. The smallest absolute Gasteiger partial charge is 0.254 e. The Balaban J connectivity index is 1.31. The molecule has 4 rings (SSSR count). The molecule has 1 saturated heterocycles. The van der Waals surface area contributed by atoms with Crippen molar-refractivity contribution in [2.24, 2.45) is 0 Å². The number of nitrogens with zero attached hydrogens (tertiary/aromatic N) is 3. The summed E-state index contributed by atoms with van der Waals surface area (Å²) < 4.78 is 10.7. The molecular formula is C26H31N3O3. The minimum atomic E-state index is 0.00844. The molecule has 0 radical (unpaired) electrons. The molecule has 2 aliphatic rings. The van der Waals surface area contributed by atoms with E-state index in [4.69, 9.17) is 15.9 Å². The number of methoxy groups -OCH3 is 1. The van der Waals surface area contributed by atoms with Gasteiger partial charge >= 0.3 is 0 Å². The van der Waals surface area contributed by atoms with E-state index in [2.05, 4.69) is 27.9 Å². The molecule has 2 aromatic rings. The minimum Gasteiger partial charge on any atom is -0.497 e. The largest absolute Gasteiger partial charge is 0.497 e. The van der Waals surface area contributed by atoms with Crippen molar-refractivity contribution in [3.05, 3.63) is 59.2 Å². The van der Waals surface area contributed by atoms with Crippen LogP contribution in [0.2, 0.25) is 0 Å². The Hall–Kier alpha value is -3.01. The fourth-order valence-corrected chi connectivity index (χ4v) is 4.33. The Morgan fingerprint density at radius 2 is 1.91 bits per heavy atom. The molecule has 1 amide bonds. The zero-order valence-corrected chi connectivity index (χ0v) is 18.8. The highest BCUT2D eigenvalue weighted by Crippen LogP contribution is 2.21. The third kappa shape index (κ3) is 5.24. The number of fused-ring (bicyclic) bond motifs is 1. The Labute approximate surface area is 190 Å². The lowest BCUT2D eigenvalue weighted by atomic mass is 10.00. The van der Waals surface area contributed by atoms with Crippen molar-refractivity contribution in [3.63, 3.8) is 0 Å². The van der Waals surface area contributed by atoms with Crippen molar-refractivity contribution in [3.8, 4) is 18.1 Å². The molecule has 2 heterocycles. The van der Waals surface area contributed by atoms with Crippen molar-refractivity contribution in [1.29, 1.82) is 0 Å². The van der Waals surface area contributed by atoms with Gasteiger partial charge in [-0.1, -0.05) is 12.0 Å². The van der Waals surface area contributed by atoms with Gasteiger partial charge in [0, 0.05) is 50.5 Å². The van der Waals surface area contributed by atoms with Gasteiger partial charge in [-0.25, -0.2) is 0 Å². The number of amides is 1. The minimum absolute atomic E-state index is 0.00844. The first kappa shape index (κ1) is 22.2. The van der Waals surface area contributed by atoms with Crippen LogP contribution < -0.4 is 9.64 Å². The maximum Gasteiger partial charge on any atom is 0.254 e. The van der Waals surface area contributed by atoms with Gasteiger partial charge in [0.05, 0.1) is 26.9 Å². The summed E-state index contributed by atoms with van der Waals surface area (Å²) in [5, 5.41) is 0. The topological polar surface area (TPSA) is 45.2 Å². The molecule has 1 fully saturated rings. The number of terminal acetylenes is 1. The second-order valence-corrected chi connectivity index (χ2v) is 8.24. The molecule has 6 heteroatoms. The summed E-state index contributed by atoms with van der Waals surface area (Å²) in [5.74, 6) is 3.54. The molecule has 0 saturated carbocycles. The average Bonchev–Trinajstić information content (AvgIpc) is 2.86. The van der Waals surface area contributed by atoms with Crippen molar-refractivity contribution in [2.75, 3.05) is 64.4 Å². The maximum absolute atomic E-state index is 13.1. The predicted octanol–water partition coefficient (Wildman–Crippen LogP) is 2.67. The van der Waals surface area contributed by atoms with Crippen LogP contribution in [0.1, 0.15) is 21.5 Å². The molecule has 2 aliphatic heterocycles. The first-order valence-corrected chi connectivity index (χ1v) is 11.2. The van der Waals surface area contributed by atoms with E-state index in [0.29, 0.717) is 31.9 Å². The van der Waals surface area contributed by atoms with Gasteiger partial charge in [0.25, 0.3) is 5.91 Å². The molecule has 2 aromatic carbocycles. The van der Waals surface area contributed by atoms with Crippen LogP contribution in [0.3, 0.4) is 0 Å². The number of rotatable bonds is 7. The van der Waals surface area contributed by atoms with Gasteiger partial charge in [-0.3, -0.25) is 9.69 Å². The highest BCUT2D eigenvalue weighted by molar-refractivity contribution is 5.94. The Morgan fingerprint density at radius 3 is 2.62 bits per heavy atom. The van der Waals surface area contributed by atoms with Gasteiger partial charge in [0.2, 0.25) is 0 Å². The Bertz CT molecular complexity index is 959. The predicted molar refractivity (Wildman–Crippen MR) is 126 cm³/mol. The zero-order chi connectivity index (χ0) is 22.3. The average molecular weight is 434 g/mol. The highest BCUT2D eigenvalue weighted by atomic mass is 16.5. The van der Waals surface area contributed by atoms with Gasteiger partial charge in [-0.2, -0.15) is 0 Å². The number of benzene rings is 2. The lowest BCUT2D eigenvalue weighted by molar-refractivity contribution is 0.0755. The number of hydrogen-bond acceptors (Lipinski definition) is 5. The van der Waals surface area contributed by atoms with Gasteiger partial charge in [0.1, 0.15) is 5.75 Å². The second kappa shape index (κ2) is 10.5. The highest BCUT2D eigenvalue weighted by Gasteiger charge is 2.21. The number of ether oxygens (including phenoxy) is 2. The third-order valence-electron chi connectivity index (χ3n) is 6.29. The summed E-state index contributed by atoms with van der Waals surface area (Å²) in [6, 6.07) is 14.1. The summed E-state index contributed by atoms with van der Waals surface area (Å²) in [7, 11) is 1.68. The van der Waals surface area contributed by atoms with E-state index >= 15 is 0 Å². The van der Waals surface area contributed by atoms with Crippen molar-refractivity contribution >= 4 is 11.6 Å². The van der Waals surface area contributed by atoms with Crippen LogP contribution in [0.15, 0.2) is 42.5 Å². The summed E-state index contributed by atoms with van der Waals surface area (Å²) in [6.07, 6.45) is 6.43. The first-order chi connectivity index (χ1) is 15.7. The van der Waals surface area contributed by atoms with Gasteiger partial charge in [0.15, 0.2) is 0 Å². The lowest BCUT2D eigenvalue weighted by Crippen LogP contribution is -2.49. The van der Waals surface area contributed by atoms with E-state index in [9.17, 15) is 4.79 Å². The normalized spacial score (nSPS) is 16.2. The van der Waals surface area contributed by atoms with Crippen LogP contribution in [-0.2, 0) is 17.8 Å².